The molecule has 0 amide bonds. The fourth-order valence-electron chi connectivity index (χ4n) is 0.587. The van der Waals surface area contributed by atoms with E-state index in [0.717, 1.165) is 5.57 Å². The molecule has 2 heteroatoms. The quantitative estimate of drug-likeness (QED) is 0.440. The number of nitrogens with zero attached hydrogens (tertiary/aromatic N) is 1. The van der Waals surface area contributed by atoms with Gasteiger partial charge in [0.25, 0.3) is 0 Å². The van der Waals surface area contributed by atoms with Gasteiger partial charge in [-0.25, -0.2) is 0 Å². The van der Waals surface area contributed by atoms with Crippen LogP contribution in [0.4, 0.5) is 0 Å². The van der Waals surface area contributed by atoms with Crippen LogP contribution >= 0.6 is 0 Å². The second kappa shape index (κ2) is 4.27. The van der Waals surface area contributed by atoms with Crippen LogP contribution in [0.3, 0.4) is 0 Å². The minimum Gasteiger partial charge on any atom is -0.330 e. The molecule has 1 atom stereocenters. The number of hydrogen-bond acceptors (Lipinski definition) is 2. The van der Waals surface area contributed by atoms with Crippen LogP contribution in [0.5, 0.6) is 0 Å². The summed E-state index contributed by atoms with van der Waals surface area (Å²) in [4.78, 5) is 3.74. The second-order valence-electron chi connectivity index (χ2n) is 2.19. The molecule has 0 saturated carbocycles. The third-order valence-electron chi connectivity index (χ3n) is 1.33. The molecule has 0 heterocycles. The van der Waals surface area contributed by atoms with Gasteiger partial charge >= 0.3 is 0 Å². The van der Waals surface area contributed by atoms with E-state index >= 15 is 0 Å². The van der Waals surface area contributed by atoms with Gasteiger partial charge in [-0.1, -0.05) is 12.2 Å². The Morgan fingerprint density at radius 1 is 1.78 bits per heavy atom. The van der Waals surface area contributed by atoms with Gasteiger partial charge < -0.3 is 10.7 Å². The molecule has 0 aliphatic heterocycles. The highest BCUT2D eigenvalue weighted by Gasteiger charge is 2.03. The van der Waals surface area contributed by atoms with Gasteiger partial charge in [-0.2, -0.15) is 0 Å². The topological polar surface area (TPSA) is 38.4 Å². The third-order valence-corrected chi connectivity index (χ3v) is 1.33. The van der Waals surface area contributed by atoms with Crippen molar-refractivity contribution in [3.63, 3.8) is 0 Å². The van der Waals surface area contributed by atoms with Crippen molar-refractivity contribution < 1.29 is 0 Å². The average Bonchev–Trinajstić information content (AvgIpc) is 1.82. The monoisotopic (exact) mass is 126 g/mol. The van der Waals surface area contributed by atoms with Crippen molar-refractivity contribution in [3.8, 4) is 0 Å². The van der Waals surface area contributed by atoms with Crippen LogP contribution in [0.15, 0.2) is 17.1 Å². The maximum atomic E-state index is 5.41. The zero-order valence-corrected chi connectivity index (χ0v) is 5.93. The van der Waals surface area contributed by atoms with Gasteiger partial charge in [0.05, 0.1) is 0 Å². The summed E-state index contributed by atoms with van der Waals surface area (Å²) >= 11 is 0. The van der Waals surface area contributed by atoms with E-state index in [1.807, 2.05) is 6.92 Å². The predicted molar refractivity (Wildman–Crippen MR) is 41.8 cm³/mol. The third kappa shape index (κ3) is 3.03. The summed E-state index contributed by atoms with van der Waals surface area (Å²) in [6.45, 7) is 10.4. The van der Waals surface area contributed by atoms with E-state index in [1.165, 1.54) is 0 Å². The fourth-order valence-corrected chi connectivity index (χ4v) is 0.587. The molecule has 52 valence electrons. The van der Waals surface area contributed by atoms with E-state index in [1.54, 1.807) is 0 Å². The predicted octanol–water partition coefficient (Wildman–Crippen LogP) is 0.838. The van der Waals surface area contributed by atoms with Gasteiger partial charge in [0.1, 0.15) is 0 Å². The van der Waals surface area contributed by atoms with Crippen LogP contribution in [0.1, 0.15) is 6.92 Å². The summed E-state index contributed by atoms with van der Waals surface area (Å²) in [5.74, 6) is 0.322. The van der Waals surface area contributed by atoms with Gasteiger partial charge in [-0.3, -0.25) is 0 Å². The maximum absolute atomic E-state index is 5.41. The maximum Gasteiger partial charge on any atom is 0.0459 e. The molecule has 0 spiro atoms. The van der Waals surface area contributed by atoms with Crippen LogP contribution < -0.4 is 5.73 Å². The zero-order valence-electron chi connectivity index (χ0n) is 5.93. The molecule has 0 saturated heterocycles. The van der Waals surface area contributed by atoms with Crippen molar-refractivity contribution in [2.75, 3.05) is 13.1 Å². The molecule has 9 heavy (non-hydrogen) atoms. The van der Waals surface area contributed by atoms with Crippen LogP contribution in [0, 0.1) is 5.92 Å². The molecule has 2 N–H and O–H groups in total. The van der Waals surface area contributed by atoms with E-state index in [9.17, 15) is 0 Å². The number of aliphatic imine (C=N–C) groups is 1. The lowest BCUT2D eigenvalue weighted by molar-refractivity contribution is 0.642. The Morgan fingerprint density at radius 3 is 2.44 bits per heavy atom. The Balaban J connectivity index is 3.67. The lowest BCUT2D eigenvalue weighted by Crippen LogP contribution is -2.17. The van der Waals surface area contributed by atoms with E-state index < -0.39 is 0 Å². The first-order chi connectivity index (χ1) is 4.22. The summed E-state index contributed by atoms with van der Waals surface area (Å²) < 4.78 is 0. The molecule has 0 aliphatic rings. The molecular weight excluding hydrogens is 112 g/mol. The highest BCUT2D eigenvalue weighted by molar-refractivity contribution is 5.23. The minimum absolute atomic E-state index is 0.322. The largest absolute Gasteiger partial charge is 0.330 e. The average molecular weight is 126 g/mol. The molecule has 0 aromatic carbocycles. The van der Waals surface area contributed by atoms with Crippen LogP contribution in [-0.4, -0.2) is 19.8 Å². The smallest absolute Gasteiger partial charge is 0.0459 e. The Labute approximate surface area is 56.5 Å². The van der Waals surface area contributed by atoms with E-state index in [0.29, 0.717) is 19.0 Å². The molecule has 0 fully saturated rings. The number of rotatable bonds is 4. The lowest BCUT2D eigenvalue weighted by Gasteiger charge is -2.09. The second-order valence-corrected chi connectivity index (χ2v) is 2.19. The highest BCUT2D eigenvalue weighted by Crippen LogP contribution is 2.05. The molecular formula is C7H14N2. The van der Waals surface area contributed by atoms with E-state index in [4.69, 9.17) is 5.73 Å². The van der Waals surface area contributed by atoms with Gasteiger partial charge in [0.15, 0.2) is 0 Å². The van der Waals surface area contributed by atoms with Gasteiger partial charge in [0, 0.05) is 19.0 Å². The summed E-state index contributed by atoms with van der Waals surface area (Å²) in [5.41, 5.74) is 6.50. The summed E-state index contributed by atoms with van der Waals surface area (Å²) in [7, 11) is 0. The lowest BCUT2D eigenvalue weighted by atomic mass is 10.0. The summed E-state index contributed by atoms with van der Waals surface area (Å²) in [5, 5.41) is 0. The standard InChI is InChI=1S/C7H14N2/c1-6(2)7(4-8)5-9-3/h7H,1,3-5,8H2,2H3. The van der Waals surface area contributed by atoms with Gasteiger partial charge in [0.2, 0.25) is 0 Å². The van der Waals surface area contributed by atoms with E-state index in [-0.39, 0.29) is 0 Å². The van der Waals surface area contributed by atoms with Crippen molar-refractivity contribution in [3.05, 3.63) is 12.2 Å². The Morgan fingerprint density at radius 2 is 2.33 bits per heavy atom. The van der Waals surface area contributed by atoms with Crippen molar-refractivity contribution >= 4 is 6.72 Å². The van der Waals surface area contributed by atoms with Crippen LogP contribution in [0.25, 0.3) is 0 Å². The first-order valence-electron chi connectivity index (χ1n) is 3.00. The SMILES string of the molecule is C=NCC(CN)C(=C)C. The normalized spacial score (nSPS) is 12.7. The first kappa shape index (κ1) is 8.37. The van der Waals surface area contributed by atoms with Crippen molar-refractivity contribution in [2.45, 2.75) is 6.92 Å². The Hall–Kier alpha value is -0.630. The molecule has 0 aromatic rings. The number of nitrogens with two attached hydrogens (primary N) is 1. The highest BCUT2D eigenvalue weighted by atomic mass is 14.7. The molecule has 0 bridgehead atoms. The molecule has 0 rings (SSSR count). The Kier molecular flexibility index (Phi) is 3.97. The molecule has 1 unspecified atom stereocenters. The summed E-state index contributed by atoms with van der Waals surface area (Å²) in [6, 6.07) is 0. The molecule has 0 aromatic heterocycles. The molecule has 0 radical (unpaired) electrons. The van der Waals surface area contributed by atoms with Crippen LogP contribution in [-0.2, 0) is 0 Å². The zero-order chi connectivity index (χ0) is 7.28. The van der Waals surface area contributed by atoms with Gasteiger partial charge in [-0.15, -0.1) is 0 Å². The Bertz CT molecular complexity index is 107. The fraction of sp³-hybridized carbons (Fsp3) is 0.571. The molecule has 2 nitrogen and oxygen atoms in total. The first-order valence-corrected chi connectivity index (χ1v) is 3.00. The van der Waals surface area contributed by atoms with Crippen molar-refractivity contribution in [1.82, 2.24) is 0 Å². The minimum atomic E-state index is 0.322. The number of hydrogen-bond donors (Lipinski definition) is 1. The van der Waals surface area contributed by atoms with Crippen molar-refractivity contribution in [1.29, 1.82) is 0 Å². The van der Waals surface area contributed by atoms with Crippen LogP contribution in [0.2, 0.25) is 0 Å². The van der Waals surface area contributed by atoms with Gasteiger partial charge in [-0.05, 0) is 13.6 Å². The summed E-state index contributed by atoms with van der Waals surface area (Å²) in [6.07, 6.45) is 0. The molecule has 0 aliphatic carbocycles. The van der Waals surface area contributed by atoms with E-state index in [2.05, 4.69) is 18.3 Å². The van der Waals surface area contributed by atoms with Crippen molar-refractivity contribution in [2.24, 2.45) is 16.6 Å².